The number of rotatable bonds is 9. The van der Waals surface area contributed by atoms with Crippen LogP contribution in [0.4, 0.5) is 26.1 Å². The molecular formula is C22H27F2N5O2S. The van der Waals surface area contributed by atoms with Gasteiger partial charge < -0.3 is 26.6 Å². The van der Waals surface area contributed by atoms with Crippen LogP contribution in [0.2, 0.25) is 0 Å². The smallest absolute Gasteiger partial charge is 0.191 e. The molecule has 2 aliphatic rings. The minimum atomic E-state index is -0.990. The first-order valence-electron chi connectivity index (χ1n) is 10.7. The second kappa shape index (κ2) is 9.60. The van der Waals surface area contributed by atoms with E-state index in [2.05, 4.69) is 27.5 Å². The summed E-state index contributed by atoms with van der Waals surface area (Å²) in [6.45, 7) is 2.64. The van der Waals surface area contributed by atoms with Gasteiger partial charge in [0.15, 0.2) is 28.4 Å². The summed E-state index contributed by atoms with van der Waals surface area (Å²) in [6, 6.07) is 3.53. The Hall–Kier alpha value is -2.43. The summed E-state index contributed by atoms with van der Waals surface area (Å²) >= 11 is 1.50. The fraction of sp³-hybridized carbons (Fsp3) is 0.455. The van der Waals surface area contributed by atoms with Crippen LogP contribution >= 0.6 is 11.8 Å². The quantitative estimate of drug-likeness (QED) is 0.219. The third-order valence-electron chi connectivity index (χ3n) is 5.72. The number of nitrogens with two attached hydrogens (primary N) is 1. The van der Waals surface area contributed by atoms with Gasteiger partial charge in [-0.3, -0.25) is 0 Å². The van der Waals surface area contributed by atoms with Crippen LogP contribution in [0.25, 0.3) is 0 Å². The van der Waals surface area contributed by atoms with E-state index in [1.165, 1.54) is 23.9 Å². The Balaban J connectivity index is 1.46. The van der Waals surface area contributed by atoms with E-state index in [9.17, 15) is 19.0 Å². The average molecular weight is 464 g/mol. The fourth-order valence-corrected chi connectivity index (χ4v) is 4.47. The number of thioether (sulfide) groups is 1. The molecule has 32 heavy (non-hydrogen) atoms. The van der Waals surface area contributed by atoms with Gasteiger partial charge in [-0.15, -0.1) is 0 Å². The molecule has 5 unspecified atom stereocenters. The summed E-state index contributed by atoms with van der Waals surface area (Å²) in [5.41, 5.74) is 7.41. The molecule has 2 aromatic rings. The molecule has 1 aromatic carbocycles. The van der Waals surface area contributed by atoms with Crippen LogP contribution in [0, 0.1) is 17.6 Å². The van der Waals surface area contributed by atoms with E-state index in [1.807, 2.05) is 0 Å². The van der Waals surface area contributed by atoms with Crippen LogP contribution in [0.15, 0.2) is 35.5 Å². The molecule has 0 saturated heterocycles. The summed E-state index contributed by atoms with van der Waals surface area (Å²) in [5, 5.41) is 26.8. The van der Waals surface area contributed by atoms with Crippen LogP contribution in [0.5, 0.6) is 0 Å². The molecule has 1 heterocycles. The van der Waals surface area contributed by atoms with Crippen LogP contribution in [0.3, 0.4) is 0 Å². The maximum atomic E-state index is 13.5. The van der Waals surface area contributed by atoms with Crippen molar-refractivity contribution in [3.8, 4) is 0 Å². The zero-order valence-corrected chi connectivity index (χ0v) is 18.4. The number of nitrogens with zero attached hydrogens (tertiary/aromatic N) is 2. The van der Waals surface area contributed by atoms with Gasteiger partial charge in [0.1, 0.15) is 17.9 Å². The number of aliphatic hydroxyl groups is 2. The lowest BCUT2D eigenvalue weighted by Crippen LogP contribution is -2.35. The van der Waals surface area contributed by atoms with E-state index < -0.39 is 29.9 Å². The zero-order valence-electron chi connectivity index (χ0n) is 17.6. The normalized spacial score (nSPS) is 26.3. The highest BCUT2D eigenvalue weighted by molar-refractivity contribution is 7.99. The molecule has 1 saturated carbocycles. The van der Waals surface area contributed by atoms with Gasteiger partial charge in [-0.1, -0.05) is 36.9 Å². The van der Waals surface area contributed by atoms with E-state index >= 15 is 0 Å². The van der Waals surface area contributed by atoms with Crippen molar-refractivity contribution in [2.75, 3.05) is 28.7 Å². The molecule has 2 aliphatic carbocycles. The van der Waals surface area contributed by atoms with Crippen LogP contribution in [0.1, 0.15) is 31.2 Å². The van der Waals surface area contributed by atoms with Crippen LogP contribution in [-0.2, 0) is 0 Å². The van der Waals surface area contributed by atoms with E-state index in [4.69, 9.17) is 5.73 Å². The first-order valence-corrected chi connectivity index (χ1v) is 11.7. The van der Waals surface area contributed by atoms with Gasteiger partial charge in [0.05, 0.1) is 6.04 Å². The number of anilines is 3. The number of aromatic nitrogens is 2. The molecule has 5 atom stereocenters. The lowest BCUT2D eigenvalue weighted by atomic mass is 10.1. The predicted molar refractivity (Wildman–Crippen MR) is 122 cm³/mol. The molecule has 0 spiro atoms. The Morgan fingerprint density at radius 3 is 2.62 bits per heavy atom. The second-order valence-electron chi connectivity index (χ2n) is 8.16. The number of hydrogen-bond acceptors (Lipinski definition) is 8. The summed E-state index contributed by atoms with van der Waals surface area (Å²) in [7, 11) is 0. The maximum absolute atomic E-state index is 13.5. The van der Waals surface area contributed by atoms with Crippen molar-refractivity contribution in [3.05, 3.63) is 47.5 Å². The zero-order chi connectivity index (χ0) is 22.8. The number of nitrogen functional groups attached to an aromatic ring is 1. The van der Waals surface area contributed by atoms with E-state index in [0.717, 1.165) is 30.2 Å². The molecule has 10 heteroatoms. The first-order chi connectivity index (χ1) is 15.4. The summed E-state index contributed by atoms with van der Waals surface area (Å²) in [5.74, 6) is 0.451. The van der Waals surface area contributed by atoms with Gasteiger partial charge in [0, 0.05) is 12.3 Å². The first kappa shape index (κ1) is 22.8. The predicted octanol–water partition coefficient (Wildman–Crippen LogP) is 3.13. The molecule has 0 bridgehead atoms. The fourth-order valence-electron chi connectivity index (χ4n) is 3.77. The molecule has 172 valence electrons. The number of benzene rings is 1. The topological polar surface area (TPSA) is 116 Å². The van der Waals surface area contributed by atoms with Gasteiger partial charge in [-0.25, -0.2) is 18.7 Å². The van der Waals surface area contributed by atoms with E-state index in [1.54, 1.807) is 12.1 Å². The Morgan fingerprint density at radius 1 is 1.16 bits per heavy atom. The Bertz CT molecular complexity index is 1010. The minimum Gasteiger partial charge on any atom is -0.393 e. The average Bonchev–Trinajstić information content (AvgIpc) is 3.49. The van der Waals surface area contributed by atoms with Crippen molar-refractivity contribution in [2.45, 2.75) is 49.1 Å². The highest BCUT2D eigenvalue weighted by Crippen LogP contribution is 2.47. The van der Waals surface area contributed by atoms with Crippen molar-refractivity contribution >= 4 is 29.1 Å². The lowest BCUT2D eigenvalue weighted by Gasteiger charge is -2.21. The minimum absolute atomic E-state index is 0.160. The molecule has 0 radical (unpaired) electrons. The van der Waals surface area contributed by atoms with Crippen molar-refractivity contribution in [1.29, 1.82) is 0 Å². The molecule has 6 N–H and O–H groups in total. The molecule has 0 aliphatic heterocycles. The van der Waals surface area contributed by atoms with Crippen LogP contribution < -0.4 is 16.4 Å². The summed E-state index contributed by atoms with van der Waals surface area (Å²) in [6.07, 6.45) is 3.10. The lowest BCUT2D eigenvalue weighted by molar-refractivity contribution is 0.0552. The summed E-state index contributed by atoms with van der Waals surface area (Å²) < 4.78 is 26.7. The molecule has 1 fully saturated rings. The SMILES string of the molecule is CCCSc1nc(NCC2CC2c2ccc(F)c(F)c2)c(N)c(NC2C=CC(O)C2O)n1. The van der Waals surface area contributed by atoms with Crippen molar-refractivity contribution in [3.63, 3.8) is 0 Å². The largest absolute Gasteiger partial charge is 0.393 e. The van der Waals surface area contributed by atoms with E-state index in [-0.39, 0.29) is 11.8 Å². The molecule has 7 nitrogen and oxygen atoms in total. The number of hydrogen-bond donors (Lipinski definition) is 5. The van der Waals surface area contributed by atoms with Crippen LogP contribution in [-0.4, -0.2) is 50.7 Å². The molecular weight excluding hydrogens is 436 g/mol. The van der Waals surface area contributed by atoms with Crippen molar-refractivity contribution < 1.29 is 19.0 Å². The summed E-state index contributed by atoms with van der Waals surface area (Å²) in [4.78, 5) is 9.03. The van der Waals surface area contributed by atoms with Gasteiger partial charge in [-0.05, 0) is 42.4 Å². The Morgan fingerprint density at radius 2 is 1.94 bits per heavy atom. The Labute approximate surface area is 189 Å². The van der Waals surface area contributed by atoms with E-state index in [0.29, 0.717) is 29.0 Å². The van der Waals surface area contributed by atoms with Crippen molar-refractivity contribution in [2.24, 2.45) is 5.92 Å². The van der Waals surface area contributed by atoms with Gasteiger partial charge >= 0.3 is 0 Å². The highest BCUT2D eigenvalue weighted by Gasteiger charge is 2.38. The molecule has 1 aromatic heterocycles. The third kappa shape index (κ3) is 4.97. The number of aliphatic hydroxyl groups excluding tert-OH is 2. The maximum Gasteiger partial charge on any atom is 0.191 e. The number of halogens is 2. The second-order valence-corrected chi connectivity index (χ2v) is 9.22. The molecule has 4 rings (SSSR count). The van der Waals surface area contributed by atoms with Gasteiger partial charge in [-0.2, -0.15) is 0 Å². The third-order valence-corrected chi connectivity index (χ3v) is 6.78. The van der Waals surface area contributed by atoms with Gasteiger partial charge in [0.2, 0.25) is 0 Å². The Kier molecular flexibility index (Phi) is 6.82. The van der Waals surface area contributed by atoms with Crippen molar-refractivity contribution in [1.82, 2.24) is 9.97 Å². The molecule has 0 amide bonds. The highest BCUT2D eigenvalue weighted by atomic mass is 32.2. The van der Waals surface area contributed by atoms with Gasteiger partial charge in [0.25, 0.3) is 0 Å². The number of nitrogens with one attached hydrogen (secondary N) is 2. The monoisotopic (exact) mass is 463 g/mol. The standard InChI is InChI=1S/C22H27F2N5O2S/c1-2-7-32-22-28-20(18(25)21(29-22)27-16-5-6-17(30)19(16)31)26-10-12-8-13(12)11-3-4-14(23)15(24)9-11/h3-6,9,12-13,16-17,19,30-31H,2,7-8,10,25H2,1H3,(H2,26,27,28,29).